The zero-order valence-corrected chi connectivity index (χ0v) is 9.11. The maximum atomic E-state index is 10.9. The van der Waals surface area contributed by atoms with Crippen molar-refractivity contribution in [3.05, 3.63) is 27.4 Å². The summed E-state index contributed by atoms with van der Waals surface area (Å²) in [5.41, 5.74) is -0.181. The van der Waals surface area contributed by atoms with Gasteiger partial charge in [0, 0.05) is 7.05 Å². The molecule has 2 N–H and O–H groups in total. The molecule has 0 aromatic carbocycles. The maximum absolute atomic E-state index is 10.9. The number of rotatable bonds is 4. The van der Waals surface area contributed by atoms with Crippen LogP contribution in [0.5, 0.6) is 0 Å². The Morgan fingerprint density at radius 2 is 2.31 bits per heavy atom. The fourth-order valence-corrected chi connectivity index (χ4v) is 1.14. The lowest BCUT2D eigenvalue weighted by atomic mass is 10.4. The van der Waals surface area contributed by atoms with Gasteiger partial charge in [-0.25, -0.2) is 4.98 Å². The van der Waals surface area contributed by atoms with Crippen LogP contribution in [0.4, 0.5) is 11.5 Å². The van der Waals surface area contributed by atoms with Crippen LogP contribution < -0.4 is 10.6 Å². The van der Waals surface area contributed by atoms with Gasteiger partial charge in [0.15, 0.2) is 0 Å². The molecule has 1 heterocycles. The van der Waals surface area contributed by atoms with Crippen molar-refractivity contribution < 1.29 is 9.72 Å². The van der Waals surface area contributed by atoms with Gasteiger partial charge in [-0.1, -0.05) is 11.6 Å². The third kappa shape index (κ3) is 3.35. The summed E-state index contributed by atoms with van der Waals surface area (Å²) in [6, 6.07) is 2.33. The van der Waals surface area contributed by atoms with Gasteiger partial charge >= 0.3 is 0 Å². The molecule has 7 nitrogen and oxygen atoms in total. The van der Waals surface area contributed by atoms with E-state index in [0.29, 0.717) is 0 Å². The summed E-state index contributed by atoms with van der Waals surface area (Å²) in [5, 5.41) is 15.5. The molecular formula is C8H9ClN4O3. The van der Waals surface area contributed by atoms with Gasteiger partial charge in [0.1, 0.15) is 11.0 Å². The van der Waals surface area contributed by atoms with Gasteiger partial charge in [-0.3, -0.25) is 14.9 Å². The van der Waals surface area contributed by atoms with E-state index in [4.69, 9.17) is 11.6 Å². The van der Waals surface area contributed by atoms with E-state index < -0.39 is 4.92 Å². The molecule has 1 amide bonds. The minimum absolute atomic E-state index is 0.00592. The first kappa shape index (κ1) is 12.2. The Morgan fingerprint density at radius 3 is 2.88 bits per heavy atom. The number of carbonyl (C=O) groups is 1. The Labute approximate surface area is 96.0 Å². The molecule has 16 heavy (non-hydrogen) atoms. The molecule has 1 aromatic rings. The van der Waals surface area contributed by atoms with E-state index >= 15 is 0 Å². The van der Waals surface area contributed by atoms with Crippen molar-refractivity contribution in [2.75, 3.05) is 18.9 Å². The predicted octanol–water partition coefficient (Wildman–Crippen LogP) is 0.801. The van der Waals surface area contributed by atoms with Gasteiger partial charge in [0.05, 0.1) is 23.6 Å². The summed E-state index contributed by atoms with van der Waals surface area (Å²) in [6.07, 6.45) is 0. The molecule has 0 fully saturated rings. The number of nitrogens with one attached hydrogen (secondary N) is 2. The fraction of sp³-hybridized carbons (Fsp3) is 0.250. The first-order chi connectivity index (χ1) is 7.52. The summed E-state index contributed by atoms with van der Waals surface area (Å²) < 4.78 is 0. The molecular weight excluding hydrogens is 236 g/mol. The second-order valence-corrected chi connectivity index (χ2v) is 3.20. The van der Waals surface area contributed by atoms with Crippen LogP contribution in [0.1, 0.15) is 0 Å². The summed E-state index contributed by atoms with van der Waals surface area (Å²) >= 11 is 5.59. The summed E-state index contributed by atoms with van der Waals surface area (Å²) in [4.78, 5) is 24.6. The average molecular weight is 245 g/mol. The van der Waals surface area contributed by atoms with Crippen LogP contribution in [0.15, 0.2) is 12.1 Å². The van der Waals surface area contributed by atoms with Crippen LogP contribution >= 0.6 is 11.6 Å². The first-order valence-electron chi connectivity index (χ1n) is 4.29. The topological polar surface area (TPSA) is 97.2 Å². The molecule has 1 aromatic heterocycles. The second kappa shape index (κ2) is 5.26. The SMILES string of the molecule is CNC(=O)CNc1cc([N+](=O)[O-])cc(Cl)n1. The van der Waals surface area contributed by atoms with Crippen LogP contribution in [-0.2, 0) is 4.79 Å². The molecule has 8 heteroatoms. The molecule has 0 bridgehead atoms. The highest BCUT2D eigenvalue weighted by Crippen LogP contribution is 2.20. The van der Waals surface area contributed by atoms with E-state index in [2.05, 4.69) is 15.6 Å². The highest BCUT2D eigenvalue weighted by Gasteiger charge is 2.10. The lowest BCUT2D eigenvalue weighted by Crippen LogP contribution is -2.26. The number of nitrogens with zero attached hydrogens (tertiary/aromatic N) is 2. The van der Waals surface area contributed by atoms with E-state index in [0.717, 1.165) is 6.07 Å². The van der Waals surface area contributed by atoms with E-state index in [1.54, 1.807) is 0 Å². The Bertz CT molecular complexity index is 424. The van der Waals surface area contributed by atoms with Crippen LogP contribution in [0.3, 0.4) is 0 Å². The van der Waals surface area contributed by atoms with E-state index in [1.165, 1.54) is 13.1 Å². The highest BCUT2D eigenvalue weighted by molar-refractivity contribution is 6.29. The number of likely N-dealkylation sites (N-methyl/N-ethyl adjacent to an activating group) is 1. The van der Waals surface area contributed by atoms with Gasteiger partial charge < -0.3 is 10.6 Å². The Hall–Kier alpha value is -1.89. The summed E-state index contributed by atoms with van der Waals surface area (Å²) in [5.74, 6) is -0.0766. The molecule has 86 valence electrons. The lowest BCUT2D eigenvalue weighted by Gasteiger charge is -2.04. The smallest absolute Gasteiger partial charge is 0.276 e. The van der Waals surface area contributed by atoms with Gasteiger partial charge in [-0.15, -0.1) is 0 Å². The molecule has 0 saturated heterocycles. The van der Waals surface area contributed by atoms with Gasteiger partial charge in [0.2, 0.25) is 5.91 Å². The number of hydrogen-bond donors (Lipinski definition) is 2. The van der Waals surface area contributed by atoms with E-state index in [-0.39, 0.29) is 29.1 Å². The van der Waals surface area contributed by atoms with Crippen molar-refractivity contribution in [3.63, 3.8) is 0 Å². The first-order valence-corrected chi connectivity index (χ1v) is 4.67. The molecule has 0 unspecified atom stereocenters. The minimum atomic E-state index is -0.585. The van der Waals surface area contributed by atoms with Crippen molar-refractivity contribution in [1.82, 2.24) is 10.3 Å². The molecule has 0 aliphatic heterocycles. The van der Waals surface area contributed by atoms with E-state index in [1.807, 2.05) is 0 Å². The molecule has 0 radical (unpaired) electrons. The predicted molar refractivity (Wildman–Crippen MR) is 58.5 cm³/mol. The number of carbonyl (C=O) groups excluding carboxylic acids is 1. The molecule has 0 atom stereocenters. The maximum Gasteiger partial charge on any atom is 0.276 e. The van der Waals surface area contributed by atoms with Crippen LogP contribution in [-0.4, -0.2) is 29.4 Å². The van der Waals surface area contributed by atoms with Gasteiger partial charge in [-0.05, 0) is 0 Å². The Kier molecular flexibility index (Phi) is 4.01. The highest BCUT2D eigenvalue weighted by atomic mass is 35.5. The van der Waals surface area contributed by atoms with Crippen LogP contribution in [0.2, 0.25) is 5.15 Å². The molecule has 1 rings (SSSR count). The normalized spacial score (nSPS) is 9.62. The van der Waals surface area contributed by atoms with Crippen LogP contribution in [0.25, 0.3) is 0 Å². The quantitative estimate of drug-likeness (QED) is 0.464. The van der Waals surface area contributed by atoms with Crippen molar-refractivity contribution in [2.45, 2.75) is 0 Å². The number of nitro groups is 1. The number of anilines is 1. The van der Waals surface area contributed by atoms with Gasteiger partial charge in [0.25, 0.3) is 5.69 Å². The third-order valence-electron chi connectivity index (χ3n) is 1.70. The zero-order valence-electron chi connectivity index (χ0n) is 8.36. The van der Waals surface area contributed by atoms with E-state index in [9.17, 15) is 14.9 Å². The molecule has 0 aliphatic rings. The van der Waals surface area contributed by atoms with Crippen LogP contribution in [0, 0.1) is 10.1 Å². The number of hydrogen-bond acceptors (Lipinski definition) is 5. The Morgan fingerprint density at radius 1 is 1.62 bits per heavy atom. The number of aromatic nitrogens is 1. The third-order valence-corrected chi connectivity index (χ3v) is 1.89. The number of amides is 1. The monoisotopic (exact) mass is 244 g/mol. The van der Waals surface area contributed by atoms with Crippen molar-refractivity contribution >= 4 is 29.0 Å². The van der Waals surface area contributed by atoms with Crippen molar-refractivity contribution in [1.29, 1.82) is 0 Å². The molecule has 0 saturated carbocycles. The second-order valence-electron chi connectivity index (χ2n) is 2.82. The lowest BCUT2D eigenvalue weighted by molar-refractivity contribution is -0.384. The van der Waals surface area contributed by atoms with Crippen molar-refractivity contribution in [3.8, 4) is 0 Å². The van der Waals surface area contributed by atoms with Crippen molar-refractivity contribution in [2.24, 2.45) is 0 Å². The summed E-state index contributed by atoms with van der Waals surface area (Å²) in [7, 11) is 1.48. The van der Waals surface area contributed by atoms with Gasteiger partial charge in [-0.2, -0.15) is 0 Å². The molecule has 0 spiro atoms. The largest absolute Gasteiger partial charge is 0.361 e. The average Bonchev–Trinajstić information content (AvgIpc) is 2.25. The standard InChI is InChI=1S/C8H9ClN4O3/c1-10-8(14)4-11-7-3-5(13(15)16)2-6(9)12-7/h2-3H,4H2,1H3,(H,10,14)(H,11,12). The Balaban J connectivity index is 2.80. The number of halogens is 1. The number of pyridine rings is 1. The molecule has 0 aliphatic carbocycles. The fourth-order valence-electron chi connectivity index (χ4n) is 0.939. The minimum Gasteiger partial charge on any atom is -0.361 e. The summed E-state index contributed by atoms with van der Waals surface area (Å²) in [6.45, 7) is -0.0268. The zero-order chi connectivity index (χ0) is 12.1.